The Kier molecular flexibility index (Phi) is 8.43. The summed E-state index contributed by atoms with van der Waals surface area (Å²) in [5.41, 5.74) is 1.33. The Morgan fingerprint density at radius 1 is 1.26 bits per heavy atom. The molecule has 1 aliphatic heterocycles. The van der Waals surface area contributed by atoms with Gasteiger partial charge in [-0.1, -0.05) is 24.8 Å². The first-order valence-corrected chi connectivity index (χ1v) is 12.8. The number of benzene rings is 2. The molecule has 3 rings (SSSR count). The Balaban J connectivity index is 2.07. The minimum atomic E-state index is -3.94. The summed E-state index contributed by atoms with van der Waals surface area (Å²) in [6.07, 6.45) is -0.465. The molecule has 0 aromatic heterocycles. The SMILES string of the molecule is COc1cccc(C#Cc2ccc3c(c2)O[C@@H](CN(C)C(C)=O)[C@@H](C)CN([C@@H](C)CO)S3(=O)=O)c1. The third-order valence-electron chi connectivity index (χ3n) is 6.08. The molecule has 3 atom stereocenters. The standard InChI is InChI=1S/C26H32N2O6S/c1-18-15-28(19(2)17-29)35(31,32)26-12-11-22(10-9-21-7-6-8-23(13-21)33-5)14-24(26)34-25(18)16-27(4)20(3)30/h6-8,11-14,18-19,25,29H,15-17H2,1-5H3/t18-,19-,25-/m0/s1. The van der Waals surface area contributed by atoms with E-state index in [9.17, 15) is 18.3 Å². The van der Waals surface area contributed by atoms with E-state index in [0.29, 0.717) is 11.3 Å². The van der Waals surface area contributed by atoms with Gasteiger partial charge in [0.2, 0.25) is 15.9 Å². The second-order valence-electron chi connectivity index (χ2n) is 8.78. The van der Waals surface area contributed by atoms with E-state index in [4.69, 9.17) is 9.47 Å². The van der Waals surface area contributed by atoms with E-state index in [0.717, 1.165) is 5.56 Å². The summed E-state index contributed by atoms with van der Waals surface area (Å²) in [6, 6.07) is 11.4. The lowest BCUT2D eigenvalue weighted by molar-refractivity contribution is -0.129. The van der Waals surface area contributed by atoms with Crippen molar-refractivity contribution in [2.75, 3.05) is 33.9 Å². The van der Waals surface area contributed by atoms with Crippen molar-refractivity contribution in [3.63, 3.8) is 0 Å². The Hall–Kier alpha value is -3.06. The number of amides is 1. The van der Waals surface area contributed by atoms with Crippen LogP contribution in [0, 0.1) is 17.8 Å². The van der Waals surface area contributed by atoms with Crippen LogP contribution in [-0.4, -0.2) is 74.6 Å². The van der Waals surface area contributed by atoms with Crippen molar-refractivity contribution < 1.29 is 27.8 Å². The fourth-order valence-corrected chi connectivity index (χ4v) is 5.59. The third kappa shape index (κ3) is 6.14. The summed E-state index contributed by atoms with van der Waals surface area (Å²) in [6.45, 7) is 5.14. The van der Waals surface area contributed by atoms with E-state index >= 15 is 0 Å². The molecular formula is C26H32N2O6S. The summed E-state index contributed by atoms with van der Waals surface area (Å²) in [4.78, 5) is 13.4. The summed E-state index contributed by atoms with van der Waals surface area (Å²) in [5, 5.41) is 9.74. The van der Waals surface area contributed by atoms with Gasteiger partial charge in [-0.25, -0.2) is 8.42 Å². The molecule has 188 valence electrons. The molecule has 0 aliphatic carbocycles. The van der Waals surface area contributed by atoms with Crippen LogP contribution in [0.5, 0.6) is 11.5 Å². The highest BCUT2D eigenvalue weighted by Crippen LogP contribution is 2.34. The van der Waals surface area contributed by atoms with Gasteiger partial charge in [0, 0.05) is 43.6 Å². The van der Waals surface area contributed by atoms with Gasteiger partial charge in [0.25, 0.3) is 0 Å². The average molecular weight is 501 g/mol. The lowest BCUT2D eigenvalue weighted by atomic mass is 10.0. The topological polar surface area (TPSA) is 96.4 Å². The summed E-state index contributed by atoms with van der Waals surface area (Å²) >= 11 is 0. The summed E-state index contributed by atoms with van der Waals surface area (Å²) in [7, 11) is -0.681. The van der Waals surface area contributed by atoms with Gasteiger partial charge >= 0.3 is 0 Å². The Bertz CT molecular complexity index is 1230. The number of rotatable bonds is 5. The summed E-state index contributed by atoms with van der Waals surface area (Å²) in [5.74, 6) is 6.62. The molecule has 0 bridgehead atoms. The van der Waals surface area contributed by atoms with Crippen molar-refractivity contribution in [2.24, 2.45) is 5.92 Å². The number of carbonyl (C=O) groups is 1. The molecule has 0 unspecified atom stereocenters. The van der Waals surface area contributed by atoms with Gasteiger partial charge < -0.3 is 19.5 Å². The molecule has 35 heavy (non-hydrogen) atoms. The van der Waals surface area contributed by atoms with Gasteiger partial charge in [0.1, 0.15) is 22.5 Å². The van der Waals surface area contributed by atoms with Crippen LogP contribution in [0.25, 0.3) is 0 Å². The van der Waals surface area contributed by atoms with Crippen molar-refractivity contribution in [1.29, 1.82) is 0 Å². The van der Waals surface area contributed by atoms with Crippen LogP contribution >= 0.6 is 0 Å². The van der Waals surface area contributed by atoms with Crippen LogP contribution in [0.2, 0.25) is 0 Å². The largest absolute Gasteiger partial charge is 0.497 e. The van der Waals surface area contributed by atoms with Gasteiger partial charge in [0.05, 0.1) is 20.3 Å². The molecule has 0 saturated carbocycles. The molecule has 1 amide bonds. The van der Waals surface area contributed by atoms with Crippen LogP contribution in [0.1, 0.15) is 31.9 Å². The summed E-state index contributed by atoms with van der Waals surface area (Å²) < 4.78 is 39.9. The maximum absolute atomic E-state index is 13.5. The van der Waals surface area contributed by atoms with Crippen molar-refractivity contribution >= 4 is 15.9 Å². The Labute approximate surface area is 207 Å². The first-order chi connectivity index (χ1) is 16.6. The van der Waals surface area contributed by atoms with E-state index in [2.05, 4.69) is 11.8 Å². The number of likely N-dealkylation sites (N-methyl/N-ethyl adjacent to an activating group) is 1. The van der Waals surface area contributed by atoms with E-state index in [-0.39, 0.29) is 42.2 Å². The maximum Gasteiger partial charge on any atom is 0.247 e. The van der Waals surface area contributed by atoms with Gasteiger partial charge in [0.15, 0.2) is 0 Å². The lowest BCUT2D eigenvalue weighted by Gasteiger charge is -2.37. The molecule has 1 heterocycles. The Morgan fingerprint density at radius 2 is 1.94 bits per heavy atom. The number of nitrogens with zero attached hydrogens (tertiary/aromatic N) is 2. The van der Waals surface area contributed by atoms with Crippen molar-refractivity contribution in [2.45, 2.75) is 37.8 Å². The number of aliphatic hydroxyl groups excluding tert-OH is 1. The van der Waals surface area contributed by atoms with Crippen LogP contribution < -0.4 is 9.47 Å². The highest BCUT2D eigenvalue weighted by Gasteiger charge is 2.38. The van der Waals surface area contributed by atoms with Crippen LogP contribution in [0.3, 0.4) is 0 Å². The molecule has 1 N–H and O–H groups in total. The fraction of sp³-hybridized carbons (Fsp3) is 0.423. The van der Waals surface area contributed by atoms with Crippen molar-refractivity contribution in [3.8, 4) is 23.3 Å². The molecule has 1 aliphatic rings. The molecule has 2 aromatic carbocycles. The zero-order valence-electron chi connectivity index (χ0n) is 20.7. The number of carbonyl (C=O) groups excluding carboxylic acids is 1. The number of hydrogen-bond acceptors (Lipinski definition) is 6. The number of ether oxygens (including phenoxy) is 2. The van der Waals surface area contributed by atoms with E-state index in [1.807, 2.05) is 31.2 Å². The molecule has 9 heteroatoms. The number of methoxy groups -OCH3 is 1. The molecule has 8 nitrogen and oxygen atoms in total. The first kappa shape index (κ1) is 26.5. The molecular weight excluding hydrogens is 468 g/mol. The van der Waals surface area contributed by atoms with E-state index in [1.165, 1.54) is 17.3 Å². The molecule has 0 saturated heterocycles. The van der Waals surface area contributed by atoms with Crippen LogP contribution in [0.15, 0.2) is 47.4 Å². The average Bonchev–Trinajstić information content (AvgIpc) is 2.84. The monoisotopic (exact) mass is 500 g/mol. The highest BCUT2D eigenvalue weighted by atomic mass is 32.2. The minimum absolute atomic E-state index is 0.00658. The molecule has 2 aromatic rings. The fourth-order valence-electron chi connectivity index (χ4n) is 3.76. The van der Waals surface area contributed by atoms with Crippen LogP contribution in [-0.2, 0) is 14.8 Å². The zero-order valence-corrected chi connectivity index (χ0v) is 21.5. The van der Waals surface area contributed by atoms with Gasteiger partial charge in [-0.05, 0) is 43.3 Å². The smallest absolute Gasteiger partial charge is 0.247 e. The molecule has 0 spiro atoms. The van der Waals surface area contributed by atoms with Crippen molar-refractivity contribution in [3.05, 3.63) is 53.6 Å². The van der Waals surface area contributed by atoms with Crippen LogP contribution in [0.4, 0.5) is 0 Å². The molecule has 0 radical (unpaired) electrons. The quantitative estimate of drug-likeness (QED) is 0.633. The normalized spacial score (nSPS) is 20.2. The maximum atomic E-state index is 13.5. The number of aliphatic hydroxyl groups is 1. The van der Waals surface area contributed by atoms with Gasteiger partial charge in [-0.3, -0.25) is 4.79 Å². The third-order valence-corrected chi connectivity index (χ3v) is 8.10. The van der Waals surface area contributed by atoms with Gasteiger partial charge in [-0.15, -0.1) is 0 Å². The van der Waals surface area contributed by atoms with Crippen molar-refractivity contribution in [1.82, 2.24) is 9.21 Å². The second kappa shape index (κ2) is 11.1. The predicted octanol–water partition coefficient (Wildman–Crippen LogP) is 2.34. The second-order valence-corrected chi connectivity index (χ2v) is 10.6. The van der Waals surface area contributed by atoms with E-state index < -0.39 is 22.2 Å². The Morgan fingerprint density at radius 3 is 2.57 bits per heavy atom. The number of hydrogen-bond donors (Lipinski definition) is 1. The van der Waals surface area contributed by atoms with E-state index in [1.54, 1.807) is 38.1 Å². The zero-order chi connectivity index (χ0) is 25.8. The number of fused-ring (bicyclic) bond motifs is 1. The minimum Gasteiger partial charge on any atom is -0.497 e. The molecule has 0 fully saturated rings. The first-order valence-electron chi connectivity index (χ1n) is 11.4. The highest BCUT2D eigenvalue weighted by molar-refractivity contribution is 7.89. The predicted molar refractivity (Wildman–Crippen MR) is 133 cm³/mol. The van der Waals surface area contributed by atoms with Gasteiger partial charge in [-0.2, -0.15) is 4.31 Å². The lowest BCUT2D eigenvalue weighted by Crippen LogP contribution is -2.50. The number of sulfonamides is 1.